The number of ether oxygens (including phenoxy) is 2. The SMILES string of the molecule is CC[C@H](Oc1cccc(OC)c1)C(=O)Nc1cccc(SC)c1. The number of methoxy groups -OCH3 is 1. The van der Waals surface area contributed by atoms with E-state index in [1.54, 1.807) is 24.9 Å². The number of carbonyl (C=O) groups is 1. The molecule has 0 bridgehead atoms. The molecule has 0 aliphatic heterocycles. The van der Waals surface area contributed by atoms with Crippen molar-refractivity contribution in [3.8, 4) is 11.5 Å². The molecule has 0 radical (unpaired) electrons. The van der Waals surface area contributed by atoms with E-state index in [0.717, 1.165) is 10.6 Å². The molecule has 0 aliphatic rings. The average molecular weight is 331 g/mol. The fourth-order valence-electron chi connectivity index (χ4n) is 2.08. The summed E-state index contributed by atoms with van der Waals surface area (Å²) in [6.45, 7) is 1.92. The van der Waals surface area contributed by atoms with Crippen LogP contribution in [-0.4, -0.2) is 25.4 Å². The van der Waals surface area contributed by atoms with Gasteiger partial charge in [0.25, 0.3) is 5.91 Å². The van der Waals surface area contributed by atoms with E-state index in [1.165, 1.54) is 0 Å². The quantitative estimate of drug-likeness (QED) is 0.772. The van der Waals surface area contributed by atoms with Crippen molar-refractivity contribution in [2.45, 2.75) is 24.3 Å². The van der Waals surface area contributed by atoms with E-state index in [0.29, 0.717) is 17.9 Å². The lowest BCUT2D eigenvalue weighted by molar-refractivity contribution is -0.122. The minimum Gasteiger partial charge on any atom is -0.497 e. The Balaban J connectivity index is 2.05. The number of thioether (sulfide) groups is 1. The standard InChI is InChI=1S/C18H21NO3S/c1-4-17(22-15-9-6-8-14(12-15)21-2)18(20)19-13-7-5-10-16(11-13)23-3/h5-12,17H,4H2,1-3H3,(H,19,20)/t17-/m0/s1. The lowest BCUT2D eigenvalue weighted by atomic mass is 10.2. The van der Waals surface area contributed by atoms with Crippen molar-refractivity contribution >= 4 is 23.4 Å². The van der Waals surface area contributed by atoms with Crippen LogP contribution in [0.2, 0.25) is 0 Å². The van der Waals surface area contributed by atoms with Crippen molar-refractivity contribution in [3.05, 3.63) is 48.5 Å². The molecular weight excluding hydrogens is 310 g/mol. The number of hydrogen-bond donors (Lipinski definition) is 1. The van der Waals surface area contributed by atoms with Crippen LogP contribution in [0.1, 0.15) is 13.3 Å². The lowest BCUT2D eigenvalue weighted by Gasteiger charge is -2.18. The molecule has 23 heavy (non-hydrogen) atoms. The van der Waals surface area contributed by atoms with Crippen LogP contribution in [0.15, 0.2) is 53.4 Å². The van der Waals surface area contributed by atoms with Crippen molar-refractivity contribution in [2.75, 3.05) is 18.7 Å². The highest BCUT2D eigenvalue weighted by molar-refractivity contribution is 7.98. The Hall–Kier alpha value is -2.14. The second-order valence-corrected chi connectivity index (χ2v) is 5.79. The second kappa shape index (κ2) is 8.48. The van der Waals surface area contributed by atoms with Gasteiger partial charge < -0.3 is 14.8 Å². The number of hydrogen-bond acceptors (Lipinski definition) is 4. The van der Waals surface area contributed by atoms with Crippen LogP contribution in [0.3, 0.4) is 0 Å². The van der Waals surface area contributed by atoms with Gasteiger partial charge in [0.2, 0.25) is 0 Å². The Kier molecular flexibility index (Phi) is 6.35. The molecule has 0 spiro atoms. The average Bonchev–Trinajstić information content (AvgIpc) is 2.59. The molecule has 2 aromatic carbocycles. The van der Waals surface area contributed by atoms with Gasteiger partial charge in [-0.25, -0.2) is 0 Å². The maximum Gasteiger partial charge on any atom is 0.265 e. The van der Waals surface area contributed by atoms with Crippen molar-refractivity contribution in [3.63, 3.8) is 0 Å². The van der Waals surface area contributed by atoms with Crippen molar-refractivity contribution in [1.82, 2.24) is 0 Å². The number of carbonyl (C=O) groups excluding carboxylic acids is 1. The fourth-order valence-corrected chi connectivity index (χ4v) is 2.54. The van der Waals surface area contributed by atoms with Gasteiger partial charge in [-0.1, -0.05) is 19.1 Å². The molecule has 5 heteroatoms. The summed E-state index contributed by atoms with van der Waals surface area (Å²) in [5.74, 6) is 1.16. The number of anilines is 1. The first-order chi connectivity index (χ1) is 11.2. The van der Waals surface area contributed by atoms with Gasteiger partial charge in [-0.3, -0.25) is 4.79 Å². The molecule has 2 aromatic rings. The Bertz CT molecular complexity index is 660. The first kappa shape index (κ1) is 17.2. The minimum atomic E-state index is -0.556. The van der Waals surface area contributed by atoms with Crippen LogP contribution < -0.4 is 14.8 Å². The molecule has 0 fully saturated rings. The zero-order valence-electron chi connectivity index (χ0n) is 13.5. The highest BCUT2D eigenvalue weighted by atomic mass is 32.2. The third-order valence-corrected chi connectivity index (χ3v) is 4.05. The molecule has 4 nitrogen and oxygen atoms in total. The summed E-state index contributed by atoms with van der Waals surface area (Å²) < 4.78 is 11.0. The summed E-state index contributed by atoms with van der Waals surface area (Å²) in [7, 11) is 1.60. The van der Waals surface area contributed by atoms with E-state index in [4.69, 9.17) is 9.47 Å². The predicted octanol–water partition coefficient (Wildman–Crippen LogP) is 4.21. The van der Waals surface area contributed by atoms with Crippen LogP contribution in [0.4, 0.5) is 5.69 Å². The topological polar surface area (TPSA) is 47.6 Å². The van der Waals surface area contributed by atoms with Gasteiger partial charge >= 0.3 is 0 Å². The maximum atomic E-state index is 12.4. The minimum absolute atomic E-state index is 0.159. The summed E-state index contributed by atoms with van der Waals surface area (Å²) in [4.78, 5) is 13.5. The monoisotopic (exact) mass is 331 g/mol. The zero-order valence-corrected chi connectivity index (χ0v) is 14.4. The Morgan fingerprint density at radius 3 is 2.61 bits per heavy atom. The largest absolute Gasteiger partial charge is 0.497 e. The van der Waals surface area contributed by atoms with Gasteiger partial charge in [-0.2, -0.15) is 0 Å². The van der Waals surface area contributed by atoms with Gasteiger partial charge in [0, 0.05) is 16.6 Å². The van der Waals surface area contributed by atoms with Crippen molar-refractivity contribution in [2.24, 2.45) is 0 Å². The van der Waals surface area contributed by atoms with E-state index in [-0.39, 0.29) is 5.91 Å². The normalized spacial score (nSPS) is 11.6. The molecule has 0 saturated carbocycles. The number of benzene rings is 2. The van der Waals surface area contributed by atoms with Gasteiger partial charge in [0.05, 0.1) is 7.11 Å². The van der Waals surface area contributed by atoms with Crippen LogP contribution in [0.25, 0.3) is 0 Å². The molecule has 0 aromatic heterocycles. The van der Waals surface area contributed by atoms with Crippen molar-refractivity contribution < 1.29 is 14.3 Å². The fraction of sp³-hybridized carbons (Fsp3) is 0.278. The Morgan fingerprint density at radius 1 is 1.17 bits per heavy atom. The summed E-state index contributed by atoms with van der Waals surface area (Å²) in [5, 5.41) is 2.91. The molecule has 1 atom stereocenters. The number of rotatable bonds is 7. The molecule has 122 valence electrons. The lowest BCUT2D eigenvalue weighted by Crippen LogP contribution is -2.32. The van der Waals surface area contributed by atoms with Crippen LogP contribution in [0, 0.1) is 0 Å². The number of nitrogens with one attached hydrogen (secondary N) is 1. The van der Waals surface area contributed by atoms with E-state index in [9.17, 15) is 4.79 Å². The molecule has 0 aliphatic carbocycles. The maximum absolute atomic E-state index is 12.4. The van der Waals surface area contributed by atoms with Crippen LogP contribution in [0.5, 0.6) is 11.5 Å². The third kappa shape index (κ3) is 4.93. The molecular formula is C18H21NO3S. The highest BCUT2D eigenvalue weighted by Crippen LogP contribution is 2.22. The number of amides is 1. The predicted molar refractivity (Wildman–Crippen MR) is 94.6 cm³/mol. The molecule has 1 N–H and O–H groups in total. The van der Waals surface area contributed by atoms with E-state index >= 15 is 0 Å². The van der Waals surface area contributed by atoms with E-state index < -0.39 is 6.10 Å². The van der Waals surface area contributed by atoms with Gasteiger partial charge in [-0.05, 0) is 43.0 Å². The van der Waals surface area contributed by atoms with E-state index in [1.807, 2.05) is 55.6 Å². The molecule has 0 heterocycles. The Morgan fingerprint density at radius 2 is 1.91 bits per heavy atom. The van der Waals surface area contributed by atoms with Gasteiger partial charge in [0.15, 0.2) is 6.10 Å². The van der Waals surface area contributed by atoms with Crippen molar-refractivity contribution in [1.29, 1.82) is 0 Å². The second-order valence-electron chi connectivity index (χ2n) is 4.91. The summed E-state index contributed by atoms with van der Waals surface area (Å²) in [6.07, 6.45) is 2.02. The zero-order chi connectivity index (χ0) is 16.7. The summed E-state index contributed by atoms with van der Waals surface area (Å²) in [6, 6.07) is 15.0. The first-order valence-electron chi connectivity index (χ1n) is 7.42. The van der Waals surface area contributed by atoms with Gasteiger partial charge in [-0.15, -0.1) is 11.8 Å². The van der Waals surface area contributed by atoms with Gasteiger partial charge in [0.1, 0.15) is 11.5 Å². The van der Waals surface area contributed by atoms with E-state index in [2.05, 4.69) is 5.32 Å². The first-order valence-corrected chi connectivity index (χ1v) is 8.64. The summed E-state index contributed by atoms with van der Waals surface area (Å²) >= 11 is 1.63. The third-order valence-electron chi connectivity index (χ3n) is 3.32. The molecule has 0 unspecified atom stereocenters. The van der Waals surface area contributed by atoms with Crippen LogP contribution >= 0.6 is 11.8 Å². The molecule has 2 rings (SSSR count). The Labute approximate surface area is 141 Å². The highest BCUT2D eigenvalue weighted by Gasteiger charge is 2.18. The molecule has 0 saturated heterocycles. The van der Waals surface area contributed by atoms with Crippen LogP contribution in [-0.2, 0) is 4.79 Å². The summed E-state index contributed by atoms with van der Waals surface area (Å²) in [5.41, 5.74) is 0.773. The molecule has 1 amide bonds. The smallest absolute Gasteiger partial charge is 0.265 e.